The zero-order valence-corrected chi connectivity index (χ0v) is 10.0. The van der Waals surface area contributed by atoms with Gasteiger partial charge in [-0.3, -0.25) is 0 Å². The van der Waals surface area contributed by atoms with Crippen molar-refractivity contribution < 1.29 is 0 Å². The highest BCUT2D eigenvalue weighted by molar-refractivity contribution is 5.67. The number of rotatable bonds is 3. The SMILES string of the molecule is C/C(=C/C=C/c1ccccc1)c1ccccc1. The summed E-state index contributed by atoms with van der Waals surface area (Å²) in [5.74, 6) is 0. The molecule has 0 heterocycles. The summed E-state index contributed by atoms with van der Waals surface area (Å²) in [6, 6.07) is 20.7. The van der Waals surface area contributed by atoms with Gasteiger partial charge >= 0.3 is 0 Å². The van der Waals surface area contributed by atoms with E-state index in [1.807, 2.05) is 24.3 Å². The third kappa shape index (κ3) is 3.46. The molecule has 0 radical (unpaired) electrons. The van der Waals surface area contributed by atoms with Gasteiger partial charge in [0.05, 0.1) is 0 Å². The van der Waals surface area contributed by atoms with Crippen LogP contribution in [0.25, 0.3) is 11.6 Å². The highest BCUT2D eigenvalue weighted by atomic mass is 14.0. The highest BCUT2D eigenvalue weighted by Gasteiger charge is 1.90. The predicted octanol–water partition coefficient (Wildman–Crippen LogP) is 4.80. The van der Waals surface area contributed by atoms with Crippen molar-refractivity contribution in [3.8, 4) is 0 Å². The molecule has 0 atom stereocenters. The molecule has 0 spiro atoms. The van der Waals surface area contributed by atoms with E-state index in [1.165, 1.54) is 16.7 Å². The van der Waals surface area contributed by atoms with E-state index in [9.17, 15) is 0 Å². The summed E-state index contributed by atoms with van der Waals surface area (Å²) in [5, 5.41) is 0. The lowest BCUT2D eigenvalue weighted by molar-refractivity contribution is 1.57. The third-order valence-corrected chi connectivity index (χ3v) is 2.66. The van der Waals surface area contributed by atoms with Gasteiger partial charge in [-0.15, -0.1) is 0 Å². The molecular formula is C17H16. The Morgan fingerprint density at radius 1 is 0.824 bits per heavy atom. The van der Waals surface area contributed by atoms with Crippen LogP contribution in [0.15, 0.2) is 72.8 Å². The largest absolute Gasteiger partial charge is 0.0622 e. The van der Waals surface area contributed by atoms with Gasteiger partial charge in [-0.1, -0.05) is 78.9 Å². The Morgan fingerprint density at radius 3 is 2.06 bits per heavy atom. The standard InChI is InChI=1S/C17H16/c1-15(17-13-6-3-7-14-17)9-8-12-16-10-4-2-5-11-16/h2-14H,1H3/b12-8+,15-9-. The van der Waals surface area contributed by atoms with E-state index >= 15 is 0 Å². The number of hydrogen-bond donors (Lipinski definition) is 0. The zero-order valence-electron chi connectivity index (χ0n) is 10.0. The maximum Gasteiger partial charge on any atom is -0.0227 e. The van der Waals surface area contributed by atoms with Crippen molar-refractivity contribution in [1.29, 1.82) is 0 Å². The summed E-state index contributed by atoms with van der Waals surface area (Å²) in [6.07, 6.45) is 6.35. The Labute approximate surface area is 103 Å². The second kappa shape index (κ2) is 5.86. The number of hydrogen-bond acceptors (Lipinski definition) is 0. The normalized spacial score (nSPS) is 11.9. The fraction of sp³-hybridized carbons (Fsp3) is 0.0588. The molecule has 17 heavy (non-hydrogen) atoms. The first-order valence-corrected chi connectivity index (χ1v) is 5.82. The molecule has 0 aliphatic carbocycles. The van der Waals surface area contributed by atoms with Crippen molar-refractivity contribution in [3.63, 3.8) is 0 Å². The third-order valence-electron chi connectivity index (χ3n) is 2.66. The van der Waals surface area contributed by atoms with Crippen LogP contribution in [0, 0.1) is 0 Å². The molecule has 0 unspecified atom stereocenters. The highest BCUT2D eigenvalue weighted by Crippen LogP contribution is 2.13. The van der Waals surface area contributed by atoms with E-state index < -0.39 is 0 Å². The molecule has 0 nitrogen and oxygen atoms in total. The smallest absolute Gasteiger partial charge is 0.0227 e. The van der Waals surface area contributed by atoms with Crippen LogP contribution in [0.4, 0.5) is 0 Å². The molecule has 0 amide bonds. The molecule has 0 fully saturated rings. The van der Waals surface area contributed by atoms with Gasteiger partial charge in [0, 0.05) is 0 Å². The van der Waals surface area contributed by atoms with Crippen molar-refractivity contribution >= 4 is 11.6 Å². The first-order chi connectivity index (χ1) is 8.36. The van der Waals surface area contributed by atoms with E-state index in [2.05, 4.69) is 61.5 Å². The van der Waals surface area contributed by atoms with E-state index in [-0.39, 0.29) is 0 Å². The molecule has 0 aliphatic heterocycles. The fourth-order valence-corrected chi connectivity index (χ4v) is 1.66. The second-order valence-corrected chi connectivity index (χ2v) is 3.99. The Bertz CT molecular complexity index is 504. The van der Waals surface area contributed by atoms with Crippen LogP contribution in [-0.2, 0) is 0 Å². The molecule has 0 aliphatic rings. The van der Waals surface area contributed by atoms with Crippen molar-refractivity contribution in [2.75, 3.05) is 0 Å². The maximum absolute atomic E-state index is 2.14. The molecule has 0 aromatic heterocycles. The summed E-state index contributed by atoms with van der Waals surface area (Å²) in [7, 11) is 0. The summed E-state index contributed by atoms with van der Waals surface area (Å²) in [5.41, 5.74) is 3.77. The Balaban J connectivity index is 2.09. The van der Waals surface area contributed by atoms with Gasteiger partial charge in [0.15, 0.2) is 0 Å². The monoisotopic (exact) mass is 220 g/mol. The van der Waals surface area contributed by atoms with Crippen molar-refractivity contribution in [2.24, 2.45) is 0 Å². The van der Waals surface area contributed by atoms with Crippen LogP contribution >= 0.6 is 0 Å². The number of benzene rings is 2. The van der Waals surface area contributed by atoms with Gasteiger partial charge < -0.3 is 0 Å². The Kier molecular flexibility index (Phi) is 3.93. The molecule has 0 bridgehead atoms. The van der Waals surface area contributed by atoms with Gasteiger partial charge in [0.25, 0.3) is 0 Å². The molecule has 0 saturated heterocycles. The van der Waals surface area contributed by atoms with Crippen LogP contribution in [0.2, 0.25) is 0 Å². The van der Waals surface area contributed by atoms with Gasteiger partial charge in [-0.2, -0.15) is 0 Å². The van der Waals surface area contributed by atoms with Gasteiger partial charge in [-0.25, -0.2) is 0 Å². The average molecular weight is 220 g/mol. The van der Waals surface area contributed by atoms with Gasteiger partial charge in [0.1, 0.15) is 0 Å². The fourth-order valence-electron chi connectivity index (χ4n) is 1.66. The Hall–Kier alpha value is -2.08. The van der Waals surface area contributed by atoms with Crippen LogP contribution in [0.1, 0.15) is 18.1 Å². The molecule has 2 aromatic rings. The van der Waals surface area contributed by atoms with Crippen LogP contribution in [-0.4, -0.2) is 0 Å². The molecule has 2 rings (SSSR count). The molecule has 0 heteroatoms. The van der Waals surface area contributed by atoms with Gasteiger partial charge in [0.2, 0.25) is 0 Å². The second-order valence-electron chi connectivity index (χ2n) is 3.99. The van der Waals surface area contributed by atoms with Crippen LogP contribution < -0.4 is 0 Å². The molecule has 84 valence electrons. The molecule has 0 N–H and O–H groups in total. The summed E-state index contributed by atoms with van der Waals surface area (Å²) >= 11 is 0. The molecule has 0 saturated carbocycles. The minimum atomic E-state index is 1.23. The van der Waals surface area contributed by atoms with Gasteiger partial charge in [-0.05, 0) is 23.6 Å². The summed E-state index contributed by atoms with van der Waals surface area (Å²) in [6.45, 7) is 2.13. The quantitative estimate of drug-likeness (QED) is 0.651. The van der Waals surface area contributed by atoms with Crippen molar-refractivity contribution in [3.05, 3.63) is 83.9 Å². The topological polar surface area (TPSA) is 0 Å². The average Bonchev–Trinajstić information content (AvgIpc) is 2.41. The lowest BCUT2D eigenvalue weighted by atomic mass is 10.1. The van der Waals surface area contributed by atoms with E-state index in [4.69, 9.17) is 0 Å². The molecule has 2 aromatic carbocycles. The first-order valence-electron chi connectivity index (χ1n) is 5.82. The first kappa shape index (κ1) is 11.4. The molecular weight excluding hydrogens is 204 g/mol. The van der Waals surface area contributed by atoms with Crippen molar-refractivity contribution in [2.45, 2.75) is 6.92 Å². The summed E-state index contributed by atoms with van der Waals surface area (Å²) in [4.78, 5) is 0. The Morgan fingerprint density at radius 2 is 1.41 bits per heavy atom. The lowest BCUT2D eigenvalue weighted by Crippen LogP contribution is -1.76. The van der Waals surface area contributed by atoms with Crippen LogP contribution in [0.3, 0.4) is 0 Å². The minimum Gasteiger partial charge on any atom is -0.0622 e. The summed E-state index contributed by atoms with van der Waals surface area (Å²) < 4.78 is 0. The van der Waals surface area contributed by atoms with Crippen LogP contribution in [0.5, 0.6) is 0 Å². The predicted molar refractivity (Wildman–Crippen MR) is 75.6 cm³/mol. The van der Waals surface area contributed by atoms with Crippen molar-refractivity contribution in [1.82, 2.24) is 0 Å². The van der Waals surface area contributed by atoms with E-state index in [0.29, 0.717) is 0 Å². The zero-order chi connectivity index (χ0) is 11.9. The minimum absolute atomic E-state index is 1.23. The van der Waals surface area contributed by atoms with E-state index in [0.717, 1.165) is 0 Å². The lowest BCUT2D eigenvalue weighted by Gasteiger charge is -1.98. The number of allylic oxidation sites excluding steroid dienone is 3. The maximum atomic E-state index is 2.14. The van der Waals surface area contributed by atoms with E-state index in [1.54, 1.807) is 0 Å².